The van der Waals surface area contributed by atoms with E-state index in [1.165, 1.54) is 44.9 Å². The summed E-state index contributed by atoms with van der Waals surface area (Å²) in [5, 5.41) is 3.10. The van der Waals surface area contributed by atoms with Crippen LogP contribution in [0.2, 0.25) is 0 Å². The molecule has 1 atom stereocenters. The Bertz CT molecular complexity index is 412. The fourth-order valence-electron chi connectivity index (χ4n) is 4.34. The van der Waals surface area contributed by atoms with Gasteiger partial charge < -0.3 is 10.2 Å². The van der Waals surface area contributed by atoms with E-state index >= 15 is 0 Å². The Morgan fingerprint density at radius 1 is 1.00 bits per heavy atom. The Kier molecular flexibility index (Phi) is 5.92. The lowest BCUT2D eigenvalue weighted by Gasteiger charge is -2.28. The van der Waals surface area contributed by atoms with Crippen LogP contribution in [0.1, 0.15) is 64.2 Å². The van der Waals surface area contributed by atoms with E-state index in [1.807, 2.05) is 0 Å². The van der Waals surface area contributed by atoms with Crippen LogP contribution in [0.4, 0.5) is 0 Å². The molecule has 3 rings (SSSR count). The summed E-state index contributed by atoms with van der Waals surface area (Å²) < 4.78 is 0. The van der Waals surface area contributed by atoms with Gasteiger partial charge in [0.1, 0.15) is 0 Å². The van der Waals surface area contributed by atoms with Gasteiger partial charge >= 0.3 is 0 Å². The number of likely N-dealkylation sites (tertiary alicyclic amines) is 2. The average Bonchev–Trinajstić information content (AvgIpc) is 2.76. The predicted octanol–water partition coefficient (Wildman–Crippen LogP) is 1.91. The molecule has 0 aromatic carbocycles. The molecule has 130 valence electrons. The third-order valence-electron chi connectivity index (χ3n) is 5.60. The van der Waals surface area contributed by atoms with Crippen LogP contribution in [0, 0.1) is 0 Å². The molecule has 2 heterocycles. The summed E-state index contributed by atoms with van der Waals surface area (Å²) in [5.74, 6) is 0.326. The third-order valence-corrected chi connectivity index (χ3v) is 5.60. The Morgan fingerprint density at radius 3 is 2.35 bits per heavy atom. The largest absolute Gasteiger partial charge is 0.350 e. The van der Waals surface area contributed by atoms with Gasteiger partial charge in [-0.25, -0.2) is 0 Å². The van der Waals surface area contributed by atoms with Gasteiger partial charge in [-0.3, -0.25) is 14.5 Å². The molecule has 3 fully saturated rings. The van der Waals surface area contributed by atoms with E-state index in [0.717, 1.165) is 32.5 Å². The molecule has 2 amide bonds. The molecule has 3 aliphatic rings. The minimum atomic E-state index is 0.0167. The van der Waals surface area contributed by atoms with Crippen LogP contribution in [0.5, 0.6) is 0 Å². The maximum atomic E-state index is 12.3. The molecule has 0 radical (unpaired) electrons. The van der Waals surface area contributed by atoms with E-state index < -0.39 is 0 Å². The highest BCUT2D eigenvalue weighted by molar-refractivity contribution is 5.83. The van der Waals surface area contributed by atoms with Crippen molar-refractivity contribution in [3.63, 3.8) is 0 Å². The van der Waals surface area contributed by atoms with Gasteiger partial charge in [-0.15, -0.1) is 0 Å². The summed E-state index contributed by atoms with van der Waals surface area (Å²) in [7, 11) is 0. The molecule has 0 bridgehead atoms. The van der Waals surface area contributed by atoms with Crippen molar-refractivity contribution >= 4 is 11.8 Å². The molecule has 1 N–H and O–H groups in total. The van der Waals surface area contributed by atoms with Gasteiger partial charge in [-0.05, 0) is 38.8 Å². The minimum absolute atomic E-state index is 0.0167. The van der Waals surface area contributed by atoms with Gasteiger partial charge in [-0.1, -0.05) is 32.1 Å². The number of rotatable bonds is 4. The summed E-state index contributed by atoms with van der Waals surface area (Å²) in [6.07, 6.45) is 11.5. The van der Waals surface area contributed by atoms with Crippen LogP contribution in [0.25, 0.3) is 0 Å². The second-order valence-electron chi connectivity index (χ2n) is 7.50. The number of nitrogens with zero attached hydrogens (tertiary/aromatic N) is 2. The number of piperidine rings is 1. The average molecular weight is 321 g/mol. The van der Waals surface area contributed by atoms with E-state index in [9.17, 15) is 9.59 Å². The molecule has 0 aromatic rings. The molecule has 2 aliphatic heterocycles. The zero-order valence-electron chi connectivity index (χ0n) is 14.3. The van der Waals surface area contributed by atoms with Crippen LogP contribution in [-0.2, 0) is 9.59 Å². The molecule has 1 saturated carbocycles. The van der Waals surface area contributed by atoms with E-state index in [2.05, 4.69) is 15.1 Å². The van der Waals surface area contributed by atoms with Gasteiger partial charge in [-0.2, -0.15) is 0 Å². The van der Waals surface area contributed by atoms with E-state index in [0.29, 0.717) is 19.0 Å². The second-order valence-corrected chi connectivity index (χ2v) is 7.50. The predicted molar refractivity (Wildman–Crippen MR) is 90.0 cm³/mol. The van der Waals surface area contributed by atoms with Crippen LogP contribution in [0.15, 0.2) is 0 Å². The summed E-state index contributed by atoms with van der Waals surface area (Å²) >= 11 is 0. The molecule has 0 aromatic heterocycles. The molecule has 5 nitrogen and oxygen atoms in total. The molecule has 1 aliphatic carbocycles. The standard InChI is InChI=1S/C18H31N3O2/c22-17(14-20-10-6-3-7-11-20)19-15-12-18(23)21(13-15)16-8-4-1-2-5-9-16/h15-16H,1-14H2,(H,19,22)/t15-/m1/s1. The van der Waals surface area contributed by atoms with Crippen molar-refractivity contribution in [2.45, 2.75) is 76.3 Å². The molecular weight excluding hydrogens is 290 g/mol. The lowest BCUT2D eigenvalue weighted by molar-refractivity contribution is -0.129. The number of carbonyl (C=O) groups is 2. The normalized spacial score (nSPS) is 27.9. The molecule has 5 heteroatoms. The van der Waals surface area contributed by atoms with Crippen molar-refractivity contribution in [2.24, 2.45) is 0 Å². The highest BCUT2D eigenvalue weighted by atomic mass is 16.2. The zero-order chi connectivity index (χ0) is 16.1. The van der Waals surface area contributed by atoms with Gasteiger partial charge in [0.25, 0.3) is 0 Å². The Labute approximate surface area is 139 Å². The highest BCUT2D eigenvalue weighted by Crippen LogP contribution is 2.25. The molecule has 0 unspecified atom stereocenters. The number of amides is 2. The van der Waals surface area contributed by atoms with Crippen LogP contribution >= 0.6 is 0 Å². The van der Waals surface area contributed by atoms with Gasteiger partial charge in [0, 0.05) is 19.0 Å². The van der Waals surface area contributed by atoms with Crippen molar-refractivity contribution in [2.75, 3.05) is 26.2 Å². The van der Waals surface area contributed by atoms with E-state index in [1.54, 1.807) is 0 Å². The van der Waals surface area contributed by atoms with Crippen LogP contribution < -0.4 is 5.32 Å². The van der Waals surface area contributed by atoms with E-state index in [4.69, 9.17) is 0 Å². The first-order valence-corrected chi connectivity index (χ1v) is 9.53. The SMILES string of the molecule is O=C(CN1CCCCC1)N[C@@H]1CC(=O)N(C2CCCCCC2)C1. The number of hydrogen-bond acceptors (Lipinski definition) is 3. The Hall–Kier alpha value is -1.10. The van der Waals surface area contributed by atoms with E-state index in [-0.39, 0.29) is 17.9 Å². The summed E-state index contributed by atoms with van der Waals surface area (Å²) in [6, 6.07) is 0.428. The van der Waals surface area contributed by atoms with Crippen molar-refractivity contribution in [3.8, 4) is 0 Å². The first-order valence-electron chi connectivity index (χ1n) is 9.53. The third kappa shape index (κ3) is 4.69. The quantitative estimate of drug-likeness (QED) is 0.805. The fraction of sp³-hybridized carbons (Fsp3) is 0.889. The summed E-state index contributed by atoms with van der Waals surface area (Å²) in [4.78, 5) is 28.8. The number of hydrogen-bond donors (Lipinski definition) is 1. The first kappa shape index (κ1) is 16.7. The second kappa shape index (κ2) is 8.13. The van der Waals surface area contributed by atoms with Crippen molar-refractivity contribution in [3.05, 3.63) is 0 Å². The molecular formula is C18H31N3O2. The van der Waals surface area contributed by atoms with Crippen molar-refractivity contribution in [1.82, 2.24) is 15.1 Å². The molecule has 23 heavy (non-hydrogen) atoms. The summed E-state index contributed by atoms with van der Waals surface area (Å²) in [5.41, 5.74) is 0. The number of carbonyl (C=O) groups excluding carboxylic acids is 2. The van der Waals surface area contributed by atoms with Gasteiger partial charge in [0.05, 0.1) is 12.6 Å². The highest BCUT2D eigenvalue weighted by Gasteiger charge is 2.35. The lowest BCUT2D eigenvalue weighted by Crippen LogP contribution is -2.45. The minimum Gasteiger partial charge on any atom is -0.350 e. The number of nitrogens with one attached hydrogen (secondary N) is 1. The first-order chi connectivity index (χ1) is 11.2. The maximum Gasteiger partial charge on any atom is 0.234 e. The van der Waals surface area contributed by atoms with Crippen molar-refractivity contribution in [1.29, 1.82) is 0 Å². The van der Waals surface area contributed by atoms with Crippen LogP contribution in [-0.4, -0.2) is 59.9 Å². The van der Waals surface area contributed by atoms with Crippen molar-refractivity contribution < 1.29 is 9.59 Å². The summed E-state index contributed by atoms with van der Waals surface area (Å²) in [6.45, 7) is 3.28. The Balaban J connectivity index is 1.45. The molecule has 2 saturated heterocycles. The zero-order valence-corrected chi connectivity index (χ0v) is 14.3. The monoisotopic (exact) mass is 321 g/mol. The van der Waals surface area contributed by atoms with Gasteiger partial charge in [0.15, 0.2) is 0 Å². The smallest absolute Gasteiger partial charge is 0.234 e. The maximum absolute atomic E-state index is 12.3. The topological polar surface area (TPSA) is 52.7 Å². The van der Waals surface area contributed by atoms with Gasteiger partial charge in [0.2, 0.25) is 11.8 Å². The lowest BCUT2D eigenvalue weighted by atomic mass is 10.1. The Morgan fingerprint density at radius 2 is 1.65 bits per heavy atom. The van der Waals surface area contributed by atoms with Crippen LogP contribution in [0.3, 0.4) is 0 Å². The molecule has 0 spiro atoms. The fourth-order valence-corrected chi connectivity index (χ4v) is 4.34.